The van der Waals surface area contributed by atoms with Crippen LogP contribution in [0.5, 0.6) is 5.75 Å². The third kappa shape index (κ3) is 1.79. The number of alkyl carbamates (subject to hydrolysis) is 1. The second kappa shape index (κ2) is 3.57. The lowest BCUT2D eigenvalue weighted by molar-refractivity contribution is 0.115. The van der Waals surface area contributed by atoms with Crippen LogP contribution < -0.4 is 5.32 Å². The van der Waals surface area contributed by atoms with Crippen molar-refractivity contribution in [3.8, 4) is 5.75 Å². The summed E-state index contributed by atoms with van der Waals surface area (Å²) >= 11 is 0. The lowest BCUT2D eigenvalue weighted by Gasteiger charge is -2.23. The minimum Gasteiger partial charge on any atom is -0.508 e. The van der Waals surface area contributed by atoms with Crippen molar-refractivity contribution in [3.63, 3.8) is 0 Å². The molecule has 4 heteroatoms. The first-order valence-corrected chi connectivity index (χ1v) is 4.48. The van der Waals surface area contributed by atoms with Crippen LogP contribution in [0.3, 0.4) is 0 Å². The molecule has 1 fully saturated rings. The Morgan fingerprint density at radius 2 is 2.36 bits per heavy atom. The number of aromatic hydroxyl groups is 1. The van der Waals surface area contributed by atoms with Crippen LogP contribution in [0.2, 0.25) is 0 Å². The van der Waals surface area contributed by atoms with Crippen LogP contribution in [0.4, 0.5) is 4.79 Å². The molecule has 1 atom stereocenters. The summed E-state index contributed by atoms with van der Waals surface area (Å²) in [5.74, 6) is 0.211. The fourth-order valence-corrected chi connectivity index (χ4v) is 1.52. The van der Waals surface area contributed by atoms with E-state index in [2.05, 4.69) is 5.32 Å². The Morgan fingerprint density at radius 3 is 3.07 bits per heavy atom. The normalized spacial score (nSPS) is 21.1. The van der Waals surface area contributed by atoms with E-state index in [1.54, 1.807) is 18.2 Å². The van der Waals surface area contributed by atoms with E-state index in [0.29, 0.717) is 6.61 Å². The molecular formula is C10H11NO3. The van der Waals surface area contributed by atoms with Crippen LogP contribution in [0.1, 0.15) is 18.0 Å². The maximum atomic E-state index is 10.9. The van der Waals surface area contributed by atoms with Crippen molar-refractivity contribution >= 4 is 6.09 Å². The number of phenols is 1. The number of amides is 1. The van der Waals surface area contributed by atoms with Crippen LogP contribution in [0.15, 0.2) is 24.3 Å². The minimum absolute atomic E-state index is 0.0525. The zero-order valence-corrected chi connectivity index (χ0v) is 7.56. The van der Waals surface area contributed by atoms with Crippen molar-refractivity contribution < 1.29 is 14.6 Å². The van der Waals surface area contributed by atoms with Gasteiger partial charge in [0.05, 0.1) is 12.6 Å². The molecule has 2 N–H and O–H groups in total. The fraction of sp³-hybridized carbons (Fsp3) is 0.300. The number of carbonyl (C=O) groups excluding carboxylic acids is 1. The summed E-state index contributed by atoms with van der Waals surface area (Å²) in [5, 5.41) is 12.0. The number of ether oxygens (including phenoxy) is 1. The molecule has 74 valence electrons. The van der Waals surface area contributed by atoms with Gasteiger partial charge in [-0.25, -0.2) is 4.79 Å². The Kier molecular flexibility index (Phi) is 2.26. The first-order valence-electron chi connectivity index (χ1n) is 4.48. The number of rotatable bonds is 1. The highest BCUT2D eigenvalue weighted by molar-refractivity contribution is 5.68. The lowest BCUT2D eigenvalue weighted by Crippen LogP contribution is -2.35. The standard InChI is InChI=1S/C10H11NO3/c12-8-3-1-2-7(6-8)9-4-5-14-10(13)11-9/h1-3,6,9,12H,4-5H2,(H,11,13)/t9-/m0/s1. The van der Waals surface area contributed by atoms with E-state index in [1.807, 2.05) is 6.07 Å². The Bertz CT molecular complexity index is 351. The van der Waals surface area contributed by atoms with Crippen molar-refractivity contribution in [1.82, 2.24) is 5.32 Å². The molecule has 14 heavy (non-hydrogen) atoms. The van der Waals surface area contributed by atoms with E-state index < -0.39 is 6.09 Å². The molecule has 1 amide bonds. The summed E-state index contributed by atoms with van der Waals surface area (Å²) in [6, 6.07) is 6.83. The topological polar surface area (TPSA) is 58.6 Å². The van der Waals surface area contributed by atoms with Crippen molar-refractivity contribution in [2.24, 2.45) is 0 Å². The SMILES string of the molecule is O=C1N[C@H](c2cccc(O)c2)CCO1. The second-order valence-corrected chi connectivity index (χ2v) is 3.22. The van der Waals surface area contributed by atoms with Gasteiger partial charge < -0.3 is 15.2 Å². The van der Waals surface area contributed by atoms with Gasteiger partial charge >= 0.3 is 6.09 Å². The number of phenolic OH excluding ortho intramolecular Hbond substituents is 1. The highest BCUT2D eigenvalue weighted by Crippen LogP contribution is 2.22. The first-order chi connectivity index (χ1) is 6.75. The van der Waals surface area contributed by atoms with Crippen LogP contribution >= 0.6 is 0 Å². The van der Waals surface area contributed by atoms with Gasteiger partial charge in [0, 0.05) is 6.42 Å². The van der Waals surface area contributed by atoms with Crippen LogP contribution in [-0.4, -0.2) is 17.8 Å². The number of nitrogens with one attached hydrogen (secondary N) is 1. The minimum atomic E-state index is -0.399. The molecule has 4 nitrogen and oxygen atoms in total. The Balaban J connectivity index is 2.17. The van der Waals surface area contributed by atoms with E-state index in [1.165, 1.54) is 0 Å². The number of cyclic esters (lactones) is 1. The van der Waals surface area contributed by atoms with Crippen LogP contribution in [-0.2, 0) is 4.74 Å². The maximum Gasteiger partial charge on any atom is 0.407 e. The van der Waals surface area contributed by atoms with Crippen LogP contribution in [0, 0.1) is 0 Å². The fourth-order valence-electron chi connectivity index (χ4n) is 1.52. The van der Waals surface area contributed by atoms with E-state index >= 15 is 0 Å². The van der Waals surface area contributed by atoms with Gasteiger partial charge in [0.1, 0.15) is 5.75 Å². The third-order valence-corrected chi connectivity index (χ3v) is 2.20. The molecule has 0 radical (unpaired) electrons. The molecule has 1 aliphatic heterocycles. The van der Waals surface area contributed by atoms with Gasteiger partial charge in [-0.2, -0.15) is 0 Å². The average Bonchev–Trinajstić information content (AvgIpc) is 2.18. The Labute approximate surface area is 81.5 Å². The summed E-state index contributed by atoms with van der Waals surface area (Å²) in [6.07, 6.45) is 0.333. The van der Waals surface area contributed by atoms with Crippen molar-refractivity contribution in [2.45, 2.75) is 12.5 Å². The van der Waals surface area contributed by atoms with Gasteiger partial charge in [0.15, 0.2) is 0 Å². The number of hydrogen-bond donors (Lipinski definition) is 2. The Morgan fingerprint density at radius 1 is 1.50 bits per heavy atom. The van der Waals surface area contributed by atoms with Crippen LogP contribution in [0.25, 0.3) is 0 Å². The molecule has 0 aliphatic carbocycles. The van der Waals surface area contributed by atoms with Gasteiger partial charge in [-0.15, -0.1) is 0 Å². The van der Waals surface area contributed by atoms with E-state index in [-0.39, 0.29) is 11.8 Å². The predicted octanol–water partition coefficient (Wildman–Crippen LogP) is 1.56. The number of benzene rings is 1. The van der Waals surface area contributed by atoms with E-state index in [4.69, 9.17) is 4.74 Å². The highest BCUT2D eigenvalue weighted by atomic mass is 16.5. The molecule has 1 aromatic rings. The summed E-state index contributed by atoms with van der Waals surface area (Å²) < 4.78 is 4.75. The largest absolute Gasteiger partial charge is 0.508 e. The quantitative estimate of drug-likeness (QED) is 0.711. The molecule has 2 rings (SSSR count). The average molecular weight is 193 g/mol. The van der Waals surface area contributed by atoms with Gasteiger partial charge in [-0.3, -0.25) is 0 Å². The van der Waals surface area contributed by atoms with Gasteiger partial charge in [0.25, 0.3) is 0 Å². The van der Waals surface area contributed by atoms with E-state index in [9.17, 15) is 9.90 Å². The smallest absolute Gasteiger partial charge is 0.407 e. The molecule has 1 heterocycles. The number of hydrogen-bond acceptors (Lipinski definition) is 3. The second-order valence-electron chi connectivity index (χ2n) is 3.22. The molecule has 0 unspecified atom stereocenters. The summed E-state index contributed by atoms with van der Waals surface area (Å²) in [7, 11) is 0. The van der Waals surface area contributed by atoms with Gasteiger partial charge in [0.2, 0.25) is 0 Å². The van der Waals surface area contributed by atoms with Gasteiger partial charge in [-0.05, 0) is 17.7 Å². The summed E-state index contributed by atoms with van der Waals surface area (Å²) in [4.78, 5) is 10.9. The third-order valence-electron chi connectivity index (χ3n) is 2.20. The van der Waals surface area contributed by atoms with Crippen molar-refractivity contribution in [1.29, 1.82) is 0 Å². The summed E-state index contributed by atoms with van der Waals surface area (Å²) in [5.41, 5.74) is 0.904. The molecule has 0 spiro atoms. The molecule has 1 aromatic carbocycles. The molecule has 0 bridgehead atoms. The highest BCUT2D eigenvalue weighted by Gasteiger charge is 2.20. The Hall–Kier alpha value is -1.71. The maximum absolute atomic E-state index is 10.9. The zero-order valence-electron chi connectivity index (χ0n) is 7.56. The van der Waals surface area contributed by atoms with Crippen molar-refractivity contribution in [2.75, 3.05) is 6.61 Å². The molecule has 0 saturated carbocycles. The number of carbonyl (C=O) groups is 1. The predicted molar refractivity (Wildman–Crippen MR) is 49.9 cm³/mol. The molecule has 1 aliphatic rings. The van der Waals surface area contributed by atoms with E-state index in [0.717, 1.165) is 12.0 Å². The molecule has 1 saturated heterocycles. The summed E-state index contributed by atoms with van der Waals surface area (Å²) in [6.45, 7) is 0.423. The zero-order chi connectivity index (χ0) is 9.97. The molecule has 0 aromatic heterocycles. The van der Waals surface area contributed by atoms with Gasteiger partial charge in [-0.1, -0.05) is 12.1 Å². The monoisotopic (exact) mass is 193 g/mol. The molecular weight excluding hydrogens is 182 g/mol. The lowest BCUT2D eigenvalue weighted by atomic mass is 10.0. The van der Waals surface area contributed by atoms with Crippen molar-refractivity contribution in [3.05, 3.63) is 29.8 Å². The first kappa shape index (κ1) is 8.87.